The van der Waals surface area contributed by atoms with Crippen LogP contribution in [0, 0.1) is 17.8 Å². The fraction of sp³-hybridized carbons (Fsp3) is 0.952. The molecule has 4 fully saturated rings. The van der Waals surface area contributed by atoms with Crippen LogP contribution in [0.25, 0.3) is 0 Å². The van der Waals surface area contributed by atoms with E-state index in [4.69, 9.17) is 0 Å². The molecule has 2 aliphatic heterocycles. The molecule has 4 heteroatoms. The van der Waals surface area contributed by atoms with Gasteiger partial charge in [0.25, 0.3) is 0 Å². The van der Waals surface area contributed by atoms with Crippen molar-refractivity contribution >= 4 is 5.96 Å². The van der Waals surface area contributed by atoms with Crippen LogP contribution in [-0.4, -0.2) is 61.6 Å². The Morgan fingerprint density at radius 2 is 1.72 bits per heavy atom. The Hall–Kier alpha value is -0.770. The van der Waals surface area contributed by atoms with Crippen LogP contribution < -0.4 is 5.32 Å². The molecule has 2 saturated heterocycles. The van der Waals surface area contributed by atoms with E-state index in [1.54, 1.807) is 0 Å². The molecule has 142 valence electrons. The lowest BCUT2D eigenvalue weighted by Gasteiger charge is -2.29. The van der Waals surface area contributed by atoms with Crippen LogP contribution in [-0.2, 0) is 0 Å². The van der Waals surface area contributed by atoms with Crippen molar-refractivity contribution in [3.05, 3.63) is 0 Å². The molecule has 4 nitrogen and oxygen atoms in total. The SMILES string of the molecule is CN=C(NC1CC1C1CCCCC1)N1CCC(CN2CCCCC2)C1. The van der Waals surface area contributed by atoms with E-state index in [2.05, 4.69) is 20.1 Å². The number of aliphatic imine (C=N–C) groups is 1. The highest BCUT2D eigenvalue weighted by molar-refractivity contribution is 5.80. The number of nitrogens with zero attached hydrogens (tertiary/aromatic N) is 3. The predicted molar refractivity (Wildman–Crippen MR) is 105 cm³/mol. The number of nitrogens with one attached hydrogen (secondary N) is 1. The van der Waals surface area contributed by atoms with E-state index in [0.29, 0.717) is 6.04 Å². The van der Waals surface area contributed by atoms with Gasteiger partial charge in [-0.15, -0.1) is 0 Å². The topological polar surface area (TPSA) is 30.9 Å². The Morgan fingerprint density at radius 3 is 2.48 bits per heavy atom. The molecule has 0 amide bonds. The Balaban J connectivity index is 1.22. The first-order chi connectivity index (χ1) is 12.3. The van der Waals surface area contributed by atoms with Gasteiger partial charge in [0, 0.05) is 32.7 Å². The minimum Gasteiger partial charge on any atom is -0.353 e. The molecule has 25 heavy (non-hydrogen) atoms. The van der Waals surface area contributed by atoms with Crippen LogP contribution in [0.15, 0.2) is 4.99 Å². The maximum atomic E-state index is 4.63. The lowest BCUT2D eigenvalue weighted by molar-refractivity contribution is 0.198. The van der Waals surface area contributed by atoms with Gasteiger partial charge in [-0.2, -0.15) is 0 Å². The van der Waals surface area contributed by atoms with Crippen molar-refractivity contribution < 1.29 is 0 Å². The van der Waals surface area contributed by atoms with E-state index in [1.807, 2.05) is 7.05 Å². The molecule has 4 aliphatic rings. The molecule has 2 aliphatic carbocycles. The van der Waals surface area contributed by atoms with Gasteiger partial charge in [0.05, 0.1) is 0 Å². The first kappa shape index (κ1) is 17.6. The fourth-order valence-electron chi connectivity index (χ4n) is 5.61. The van der Waals surface area contributed by atoms with Gasteiger partial charge in [0.15, 0.2) is 5.96 Å². The summed E-state index contributed by atoms with van der Waals surface area (Å²) in [5.41, 5.74) is 0. The van der Waals surface area contributed by atoms with E-state index < -0.39 is 0 Å². The van der Waals surface area contributed by atoms with E-state index in [1.165, 1.54) is 103 Å². The van der Waals surface area contributed by atoms with Crippen molar-refractivity contribution in [2.24, 2.45) is 22.7 Å². The van der Waals surface area contributed by atoms with E-state index in [0.717, 1.165) is 17.8 Å². The van der Waals surface area contributed by atoms with E-state index >= 15 is 0 Å². The monoisotopic (exact) mass is 346 g/mol. The van der Waals surface area contributed by atoms with Gasteiger partial charge < -0.3 is 15.1 Å². The molecule has 0 aromatic rings. The maximum Gasteiger partial charge on any atom is 0.193 e. The molecule has 0 radical (unpaired) electrons. The summed E-state index contributed by atoms with van der Waals surface area (Å²) in [6, 6.07) is 0.711. The molecule has 2 heterocycles. The minimum atomic E-state index is 0.711. The number of hydrogen-bond acceptors (Lipinski definition) is 2. The normalized spacial score (nSPS) is 35.2. The van der Waals surface area contributed by atoms with Crippen LogP contribution in [0.1, 0.15) is 64.2 Å². The van der Waals surface area contributed by atoms with Crippen LogP contribution in [0.3, 0.4) is 0 Å². The second-order valence-electron chi connectivity index (χ2n) is 9.06. The lowest BCUT2D eigenvalue weighted by atomic mass is 9.85. The Bertz CT molecular complexity index is 451. The van der Waals surface area contributed by atoms with Crippen molar-refractivity contribution in [3.63, 3.8) is 0 Å². The van der Waals surface area contributed by atoms with Gasteiger partial charge in [-0.25, -0.2) is 0 Å². The molecular weight excluding hydrogens is 308 g/mol. The maximum absolute atomic E-state index is 4.63. The highest BCUT2D eigenvalue weighted by Gasteiger charge is 2.44. The van der Waals surface area contributed by atoms with Gasteiger partial charge in [0.1, 0.15) is 0 Å². The summed E-state index contributed by atoms with van der Waals surface area (Å²) in [6.07, 6.45) is 14.3. The van der Waals surface area contributed by atoms with E-state index in [9.17, 15) is 0 Å². The van der Waals surface area contributed by atoms with Crippen LogP contribution in [0.2, 0.25) is 0 Å². The quantitative estimate of drug-likeness (QED) is 0.626. The number of guanidine groups is 1. The Kier molecular flexibility index (Phi) is 5.84. The molecule has 0 aromatic carbocycles. The summed E-state index contributed by atoms with van der Waals surface area (Å²) >= 11 is 0. The average Bonchev–Trinajstić information content (AvgIpc) is 3.30. The minimum absolute atomic E-state index is 0.711. The van der Waals surface area contributed by atoms with Crippen LogP contribution >= 0.6 is 0 Å². The molecule has 0 bridgehead atoms. The molecule has 4 rings (SSSR count). The van der Waals surface area contributed by atoms with Crippen molar-refractivity contribution in [2.45, 2.75) is 70.3 Å². The summed E-state index contributed by atoms with van der Waals surface area (Å²) in [6.45, 7) is 6.36. The number of hydrogen-bond donors (Lipinski definition) is 1. The lowest BCUT2D eigenvalue weighted by Crippen LogP contribution is -2.42. The largest absolute Gasteiger partial charge is 0.353 e. The zero-order valence-corrected chi connectivity index (χ0v) is 16.3. The van der Waals surface area contributed by atoms with Gasteiger partial charge in [-0.05, 0) is 56.5 Å². The highest BCUT2D eigenvalue weighted by Crippen LogP contribution is 2.44. The van der Waals surface area contributed by atoms with Crippen LogP contribution in [0.4, 0.5) is 0 Å². The molecule has 2 saturated carbocycles. The zero-order valence-electron chi connectivity index (χ0n) is 16.3. The molecule has 1 N–H and O–H groups in total. The standard InChI is InChI=1S/C21H38N4/c1-22-21(23-20-14-19(20)18-8-4-2-5-9-18)25-13-10-17(16-25)15-24-11-6-3-7-12-24/h17-20H,2-16H2,1H3,(H,22,23). The first-order valence-corrected chi connectivity index (χ1v) is 11.0. The second-order valence-corrected chi connectivity index (χ2v) is 9.06. The third-order valence-corrected chi connectivity index (χ3v) is 7.17. The Morgan fingerprint density at radius 1 is 0.960 bits per heavy atom. The van der Waals surface area contributed by atoms with Gasteiger partial charge in [0.2, 0.25) is 0 Å². The number of likely N-dealkylation sites (tertiary alicyclic amines) is 2. The van der Waals surface area contributed by atoms with Crippen molar-refractivity contribution in [1.29, 1.82) is 0 Å². The van der Waals surface area contributed by atoms with Gasteiger partial charge >= 0.3 is 0 Å². The van der Waals surface area contributed by atoms with Crippen LogP contribution in [0.5, 0.6) is 0 Å². The molecule has 3 unspecified atom stereocenters. The summed E-state index contributed by atoms with van der Waals surface area (Å²) in [5, 5.41) is 3.82. The van der Waals surface area contributed by atoms with Crippen molar-refractivity contribution in [2.75, 3.05) is 39.8 Å². The van der Waals surface area contributed by atoms with Crippen molar-refractivity contribution in [3.8, 4) is 0 Å². The number of rotatable bonds is 4. The molecule has 0 spiro atoms. The highest BCUT2D eigenvalue weighted by atomic mass is 15.3. The zero-order chi connectivity index (χ0) is 17.1. The van der Waals surface area contributed by atoms with Gasteiger partial charge in [-0.1, -0.05) is 38.5 Å². The third kappa shape index (κ3) is 4.50. The van der Waals surface area contributed by atoms with E-state index in [-0.39, 0.29) is 0 Å². The summed E-state index contributed by atoms with van der Waals surface area (Å²) < 4.78 is 0. The predicted octanol–water partition coefficient (Wildman–Crippen LogP) is 3.34. The third-order valence-electron chi connectivity index (χ3n) is 7.17. The molecule has 0 aromatic heterocycles. The fourth-order valence-corrected chi connectivity index (χ4v) is 5.61. The smallest absolute Gasteiger partial charge is 0.193 e. The first-order valence-electron chi connectivity index (χ1n) is 11.0. The number of piperidine rings is 1. The molecular formula is C21H38N4. The summed E-state index contributed by atoms with van der Waals surface area (Å²) in [7, 11) is 1.97. The molecule has 3 atom stereocenters. The summed E-state index contributed by atoms with van der Waals surface area (Å²) in [5.74, 6) is 3.95. The average molecular weight is 347 g/mol. The second kappa shape index (κ2) is 8.28. The van der Waals surface area contributed by atoms with Crippen molar-refractivity contribution in [1.82, 2.24) is 15.1 Å². The Labute approximate surface area is 154 Å². The summed E-state index contributed by atoms with van der Waals surface area (Å²) in [4.78, 5) is 9.86. The van der Waals surface area contributed by atoms with Gasteiger partial charge in [-0.3, -0.25) is 4.99 Å².